The molecule has 114 valence electrons. The lowest BCUT2D eigenvalue weighted by atomic mass is 10.0. The molecule has 1 aromatic rings. The molecule has 0 aromatic heterocycles. The Bertz CT molecular complexity index is 385. The lowest BCUT2D eigenvalue weighted by Crippen LogP contribution is -2.19. The summed E-state index contributed by atoms with van der Waals surface area (Å²) in [6.45, 7) is 5.67. The molecule has 2 N–H and O–H groups in total. The molecule has 0 aliphatic rings. The highest BCUT2D eigenvalue weighted by Crippen LogP contribution is 2.27. The fourth-order valence-corrected chi connectivity index (χ4v) is 2.93. The first kappa shape index (κ1) is 17.3. The van der Waals surface area contributed by atoms with E-state index in [-0.39, 0.29) is 6.61 Å². The average Bonchev–Trinajstić information content (AvgIpc) is 2.49. The summed E-state index contributed by atoms with van der Waals surface area (Å²) in [4.78, 5) is 0. The second kappa shape index (κ2) is 10.1. The highest BCUT2D eigenvalue weighted by atomic mass is 32.2. The molecular weight excluding hydrogens is 270 g/mol. The first-order chi connectivity index (χ1) is 9.72. The first-order valence-corrected chi connectivity index (χ1v) is 8.47. The number of aliphatic hydroxyl groups excluding tert-OH is 1. The molecule has 0 bridgehead atoms. The van der Waals surface area contributed by atoms with Crippen LogP contribution in [0.2, 0.25) is 0 Å². The Labute approximate surface area is 127 Å². The van der Waals surface area contributed by atoms with Crippen LogP contribution in [-0.4, -0.2) is 31.1 Å². The van der Waals surface area contributed by atoms with Gasteiger partial charge in [-0.25, -0.2) is 0 Å². The predicted octanol–water partition coefficient (Wildman–Crippen LogP) is 3.37. The van der Waals surface area contributed by atoms with E-state index in [4.69, 9.17) is 9.84 Å². The Kier molecular flexibility index (Phi) is 8.74. The van der Waals surface area contributed by atoms with Crippen molar-refractivity contribution in [1.29, 1.82) is 0 Å². The molecule has 0 radical (unpaired) electrons. The topological polar surface area (TPSA) is 41.5 Å². The second-order valence-corrected chi connectivity index (χ2v) is 5.98. The highest BCUT2D eigenvalue weighted by Gasteiger charge is 2.09. The minimum atomic E-state index is 0.266. The molecule has 0 aliphatic heterocycles. The zero-order chi connectivity index (χ0) is 14.8. The van der Waals surface area contributed by atoms with Crippen molar-refractivity contribution in [3.63, 3.8) is 0 Å². The Morgan fingerprint density at radius 3 is 2.85 bits per heavy atom. The van der Waals surface area contributed by atoms with Crippen molar-refractivity contribution >= 4 is 11.8 Å². The quantitative estimate of drug-likeness (QED) is 0.650. The molecule has 1 unspecified atom stereocenters. The van der Waals surface area contributed by atoms with Crippen LogP contribution in [0.4, 0.5) is 0 Å². The van der Waals surface area contributed by atoms with Crippen molar-refractivity contribution < 1.29 is 9.84 Å². The lowest BCUT2D eigenvalue weighted by molar-refractivity contribution is 0.296. The number of ether oxygens (including phenoxy) is 1. The largest absolute Gasteiger partial charge is 0.496 e. The first-order valence-electron chi connectivity index (χ1n) is 7.31. The van der Waals surface area contributed by atoms with Crippen molar-refractivity contribution in [2.75, 3.05) is 26.0 Å². The summed E-state index contributed by atoms with van der Waals surface area (Å²) in [7, 11) is 1.72. The molecule has 0 amide bonds. The van der Waals surface area contributed by atoms with Gasteiger partial charge in [-0.05, 0) is 49.8 Å². The Morgan fingerprint density at radius 2 is 2.20 bits per heavy atom. The number of aliphatic hydroxyl groups is 1. The predicted molar refractivity (Wildman–Crippen MR) is 87.6 cm³/mol. The van der Waals surface area contributed by atoms with Crippen molar-refractivity contribution in [3.05, 3.63) is 29.3 Å². The van der Waals surface area contributed by atoms with Crippen molar-refractivity contribution in [3.8, 4) is 5.75 Å². The number of benzene rings is 1. The minimum Gasteiger partial charge on any atom is -0.496 e. The van der Waals surface area contributed by atoms with Crippen LogP contribution in [0.5, 0.6) is 5.75 Å². The molecule has 0 heterocycles. The molecule has 3 nitrogen and oxygen atoms in total. The molecular formula is C16H27NO2S. The van der Waals surface area contributed by atoms with Crippen LogP contribution in [0.15, 0.2) is 18.2 Å². The fourth-order valence-electron chi connectivity index (χ4n) is 2.01. The van der Waals surface area contributed by atoms with E-state index in [1.54, 1.807) is 7.11 Å². The van der Waals surface area contributed by atoms with Gasteiger partial charge in [0.2, 0.25) is 0 Å². The lowest BCUT2D eigenvalue weighted by Gasteiger charge is -2.16. The standard InChI is InChI=1S/C16H27NO2S/c1-4-8-17-13(2)14-6-7-16(19-3)15(11-14)12-20-10-5-9-18/h6-7,11,13,17-18H,4-5,8-10,12H2,1-3H3. The summed E-state index contributed by atoms with van der Waals surface area (Å²) in [5.74, 6) is 2.86. The number of hydrogen-bond donors (Lipinski definition) is 2. The molecule has 0 spiro atoms. The maximum Gasteiger partial charge on any atom is 0.122 e. The molecule has 0 saturated carbocycles. The zero-order valence-electron chi connectivity index (χ0n) is 12.8. The van der Waals surface area contributed by atoms with Gasteiger partial charge in [0.05, 0.1) is 7.11 Å². The summed E-state index contributed by atoms with van der Waals surface area (Å²) in [6, 6.07) is 6.79. The van der Waals surface area contributed by atoms with Gasteiger partial charge in [0.1, 0.15) is 5.75 Å². The summed E-state index contributed by atoms with van der Waals surface area (Å²) in [5.41, 5.74) is 2.54. The third kappa shape index (κ3) is 5.73. The monoisotopic (exact) mass is 297 g/mol. The van der Waals surface area contributed by atoms with Crippen LogP contribution in [0, 0.1) is 0 Å². The van der Waals surface area contributed by atoms with Gasteiger partial charge in [-0.2, -0.15) is 11.8 Å². The molecule has 0 fully saturated rings. The number of nitrogens with one attached hydrogen (secondary N) is 1. The van der Waals surface area contributed by atoms with Crippen LogP contribution in [0.1, 0.15) is 43.9 Å². The van der Waals surface area contributed by atoms with E-state index in [1.807, 2.05) is 11.8 Å². The maximum atomic E-state index is 8.82. The number of methoxy groups -OCH3 is 1. The van der Waals surface area contributed by atoms with E-state index in [2.05, 4.69) is 37.4 Å². The number of hydrogen-bond acceptors (Lipinski definition) is 4. The van der Waals surface area contributed by atoms with E-state index in [0.717, 1.165) is 36.6 Å². The maximum absolute atomic E-state index is 8.82. The van der Waals surface area contributed by atoms with Gasteiger partial charge in [-0.1, -0.05) is 13.0 Å². The van der Waals surface area contributed by atoms with E-state index in [1.165, 1.54) is 11.1 Å². The van der Waals surface area contributed by atoms with Crippen LogP contribution in [0.3, 0.4) is 0 Å². The summed E-state index contributed by atoms with van der Waals surface area (Å²) in [5, 5.41) is 12.3. The van der Waals surface area contributed by atoms with E-state index >= 15 is 0 Å². The highest BCUT2D eigenvalue weighted by molar-refractivity contribution is 7.98. The van der Waals surface area contributed by atoms with Gasteiger partial charge in [0, 0.05) is 24.0 Å². The number of thioether (sulfide) groups is 1. The van der Waals surface area contributed by atoms with Gasteiger partial charge in [0.15, 0.2) is 0 Å². The minimum absolute atomic E-state index is 0.266. The summed E-state index contributed by atoms with van der Waals surface area (Å²) < 4.78 is 5.44. The molecule has 0 aliphatic carbocycles. The molecule has 1 rings (SSSR count). The van der Waals surface area contributed by atoms with Gasteiger partial charge >= 0.3 is 0 Å². The van der Waals surface area contributed by atoms with Gasteiger partial charge < -0.3 is 15.2 Å². The van der Waals surface area contributed by atoms with Gasteiger partial charge in [-0.3, -0.25) is 0 Å². The van der Waals surface area contributed by atoms with E-state index < -0.39 is 0 Å². The van der Waals surface area contributed by atoms with Crippen molar-refractivity contribution in [1.82, 2.24) is 5.32 Å². The summed E-state index contributed by atoms with van der Waals surface area (Å²) >= 11 is 1.84. The molecule has 0 saturated heterocycles. The molecule has 4 heteroatoms. The summed E-state index contributed by atoms with van der Waals surface area (Å²) in [6.07, 6.45) is 1.99. The molecule has 20 heavy (non-hydrogen) atoms. The molecule has 1 atom stereocenters. The Morgan fingerprint density at radius 1 is 1.40 bits per heavy atom. The van der Waals surface area contributed by atoms with Crippen LogP contribution < -0.4 is 10.1 Å². The van der Waals surface area contributed by atoms with E-state index in [0.29, 0.717) is 6.04 Å². The van der Waals surface area contributed by atoms with Crippen LogP contribution in [-0.2, 0) is 5.75 Å². The molecule has 1 aromatic carbocycles. The van der Waals surface area contributed by atoms with Gasteiger partial charge in [0.25, 0.3) is 0 Å². The van der Waals surface area contributed by atoms with Crippen molar-refractivity contribution in [2.24, 2.45) is 0 Å². The third-order valence-corrected chi connectivity index (χ3v) is 4.30. The average molecular weight is 297 g/mol. The van der Waals surface area contributed by atoms with E-state index in [9.17, 15) is 0 Å². The second-order valence-electron chi connectivity index (χ2n) is 4.88. The van der Waals surface area contributed by atoms with Crippen LogP contribution in [0.25, 0.3) is 0 Å². The Hall–Kier alpha value is -0.710. The zero-order valence-corrected chi connectivity index (χ0v) is 13.6. The smallest absolute Gasteiger partial charge is 0.122 e. The van der Waals surface area contributed by atoms with Crippen LogP contribution >= 0.6 is 11.8 Å². The fraction of sp³-hybridized carbons (Fsp3) is 0.625. The van der Waals surface area contributed by atoms with Crippen molar-refractivity contribution in [2.45, 2.75) is 38.5 Å². The third-order valence-electron chi connectivity index (χ3n) is 3.21. The number of rotatable bonds is 10. The normalized spacial score (nSPS) is 12.4. The van der Waals surface area contributed by atoms with Gasteiger partial charge in [-0.15, -0.1) is 0 Å². The SMILES string of the molecule is CCCNC(C)c1ccc(OC)c(CSCCCO)c1. The Balaban J connectivity index is 2.69.